The summed E-state index contributed by atoms with van der Waals surface area (Å²) in [5, 5.41) is 9.71. The number of hydrogen-bond acceptors (Lipinski definition) is 5. The van der Waals surface area contributed by atoms with Crippen LogP contribution in [0.5, 0.6) is 0 Å². The number of carbonyl (C=O) groups excluding carboxylic acids is 1. The number of fused-ring (bicyclic) bond motifs is 1. The van der Waals surface area contributed by atoms with Gasteiger partial charge in [-0.2, -0.15) is 0 Å². The lowest BCUT2D eigenvalue weighted by Crippen LogP contribution is -2.34. The van der Waals surface area contributed by atoms with Gasteiger partial charge >= 0.3 is 5.97 Å². The summed E-state index contributed by atoms with van der Waals surface area (Å²) in [6.45, 7) is 2.85. The second kappa shape index (κ2) is 15.0. The summed E-state index contributed by atoms with van der Waals surface area (Å²) in [6.07, 6.45) is 19.7. The van der Waals surface area contributed by atoms with E-state index in [1.165, 1.54) is 70.6 Å². The molecule has 0 aromatic rings. The number of unbranched alkanes of at least 4 members (excludes halogenated alkanes) is 11. The molecule has 2 fully saturated rings. The smallest absolute Gasteiger partial charge is 0.306 e. The minimum Gasteiger partial charge on any atom is -0.457 e. The van der Waals surface area contributed by atoms with Crippen LogP contribution in [-0.2, 0) is 19.0 Å². The third kappa shape index (κ3) is 9.63. The lowest BCUT2D eigenvalue weighted by Gasteiger charge is -2.16. The van der Waals surface area contributed by atoms with Crippen molar-refractivity contribution in [2.24, 2.45) is 0 Å². The maximum absolute atomic E-state index is 12.0. The first kappa shape index (κ1) is 24.4. The Balaban J connectivity index is 1.35. The molecule has 2 rings (SSSR count). The van der Waals surface area contributed by atoms with Crippen molar-refractivity contribution in [2.75, 3.05) is 13.2 Å². The van der Waals surface area contributed by atoms with Gasteiger partial charge in [0.2, 0.25) is 0 Å². The first-order valence-corrected chi connectivity index (χ1v) is 12.0. The van der Waals surface area contributed by atoms with E-state index in [1.54, 1.807) is 0 Å². The summed E-state index contributed by atoms with van der Waals surface area (Å²) in [5.41, 5.74) is 0. The molecule has 0 spiro atoms. The van der Waals surface area contributed by atoms with Crippen LogP contribution in [0.2, 0.25) is 0 Å². The van der Waals surface area contributed by atoms with E-state index in [0.717, 1.165) is 12.8 Å². The molecule has 5 nitrogen and oxygen atoms in total. The van der Waals surface area contributed by atoms with Crippen LogP contribution < -0.4 is 0 Å². The van der Waals surface area contributed by atoms with E-state index >= 15 is 0 Å². The molecule has 2 aliphatic heterocycles. The molecule has 0 aromatic heterocycles. The summed E-state index contributed by atoms with van der Waals surface area (Å²) < 4.78 is 16.4. The molecular formula is C24H42O5. The Morgan fingerprint density at radius 3 is 2.14 bits per heavy atom. The molecule has 29 heavy (non-hydrogen) atoms. The maximum atomic E-state index is 12.0. The zero-order chi connectivity index (χ0) is 20.7. The Hall–Kier alpha value is -0.910. The highest BCUT2D eigenvalue weighted by Gasteiger charge is 2.48. The van der Waals surface area contributed by atoms with Crippen molar-refractivity contribution in [3.05, 3.63) is 12.2 Å². The van der Waals surface area contributed by atoms with Gasteiger partial charge < -0.3 is 19.3 Å². The van der Waals surface area contributed by atoms with Crippen molar-refractivity contribution in [3.8, 4) is 0 Å². The highest BCUT2D eigenvalue weighted by Crippen LogP contribution is 2.29. The minimum atomic E-state index is -0.603. The van der Waals surface area contributed by atoms with Gasteiger partial charge in [0.25, 0.3) is 0 Å². The van der Waals surface area contributed by atoms with Crippen molar-refractivity contribution in [1.29, 1.82) is 0 Å². The normalized spacial score (nSPS) is 26.3. The Bertz CT molecular complexity index is 464. The molecule has 0 aromatic carbocycles. The molecule has 1 N–H and O–H groups in total. The number of rotatable bonds is 16. The molecule has 0 bridgehead atoms. The van der Waals surface area contributed by atoms with Crippen molar-refractivity contribution >= 4 is 5.97 Å². The molecule has 2 heterocycles. The van der Waals surface area contributed by atoms with Crippen molar-refractivity contribution < 1.29 is 24.1 Å². The molecule has 168 valence electrons. The summed E-state index contributed by atoms with van der Waals surface area (Å²) in [4.78, 5) is 12.0. The number of hydrogen-bond donors (Lipinski definition) is 1. The Kier molecular flexibility index (Phi) is 12.6. The zero-order valence-electron chi connectivity index (χ0n) is 18.4. The second-order valence-corrected chi connectivity index (χ2v) is 8.53. The first-order chi connectivity index (χ1) is 14.2. The van der Waals surface area contributed by atoms with E-state index in [0.29, 0.717) is 13.0 Å². The number of esters is 1. The number of ether oxygens (including phenoxy) is 3. The minimum absolute atomic E-state index is 0.179. The second-order valence-electron chi connectivity index (χ2n) is 8.53. The van der Waals surface area contributed by atoms with Crippen LogP contribution in [0.1, 0.15) is 96.8 Å². The first-order valence-electron chi connectivity index (χ1n) is 12.0. The molecule has 4 unspecified atom stereocenters. The van der Waals surface area contributed by atoms with Crippen LogP contribution in [0.4, 0.5) is 0 Å². The van der Waals surface area contributed by atoms with E-state index in [4.69, 9.17) is 14.2 Å². The predicted molar refractivity (Wildman–Crippen MR) is 115 cm³/mol. The van der Waals surface area contributed by atoms with Crippen LogP contribution >= 0.6 is 0 Å². The van der Waals surface area contributed by atoms with Gasteiger partial charge in [0, 0.05) is 6.42 Å². The fourth-order valence-electron chi connectivity index (χ4n) is 4.11. The van der Waals surface area contributed by atoms with Gasteiger partial charge in [-0.15, -0.1) is 0 Å². The van der Waals surface area contributed by atoms with Crippen LogP contribution in [0.15, 0.2) is 12.2 Å². The van der Waals surface area contributed by atoms with Gasteiger partial charge in [-0.3, -0.25) is 4.79 Å². The van der Waals surface area contributed by atoms with E-state index in [2.05, 4.69) is 19.1 Å². The molecular weight excluding hydrogens is 368 g/mol. The van der Waals surface area contributed by atoms with Crippen molar-refractivity contribution in [1.82, 2.24) is 0 Å². The highest BCUT2D eigenvalue weighted by atomic mass is 16.6. The van der Waals surface area contributed by atoms with Gasteiger partial charge in [0.05, 0.1) is 13.2 Å². The SMILES string of the molecule is CCCCCCCCC=CCCCCCCCC(=O)OC1COC2C(O)COC12. The maximum Gasteiger partial charge on any atom is 0.306 e. The van der Waals surface area contributed by atoms with Crippen LogP contribution in [-0.4, -0.2) is 48.7 Å². The number of aliphatic hydroxyl groups is 1. The summed E-state index contributed by atoms with van der Waals surface area (Å²) in [5.74, 6) is -0.179. The topological polar surface area (TPSA) is 65.0 Å². The van der Waals surface area contributed by atoms with Crippen molar-refractivity contribution in [2.45, 2.75) is 121 Å². The molecule has 2 saturated heterocycles. The zero-order valence-corrected chi connectivity index (χ0v) is 18.4. The average molecular weight is 411 g/mol. The molecule has 0 saturated carbocycles. The summed E-state index contributed by atoms with van der Waals surface area (Å²) in [7, 11) is 0. The summed E-state index contributed by atoms with van der Waals surface area (Å²) >= 11 is 0. The Labute approximate surface area is 177 Å². The summed E-state index contributed by atoms with van der Waals surface area (Å²) in [6, 6.07) is 0. The predicted octanol–water partition coefficient (Wildman–Crippen LogP) is 5.09. The molecule has 0 radical (unpaired) electrons. The molecule has 0 amide bonds. The van der Waals surface area contributed by atoms with Crippen LogP contribution in [0.25, 0.3) is 0 Å². The number of allylic oxidation sites excluding steroid dienone is 2. The molecule has 2 aliphatic rings. The average Bonchev–Trinajstić information content (AvgIpc) is 3.28. The Morgan fingerprint density at radius 2 is 1.45 bits per heavy atom. The third-order valence-electron chi connectivity index (χ3n) is 5.91. The van der Waals surface area contributed by atoms with Crippen molar-refractivity contribution in [3.63, 3.8) is 0 Å². The van der Waals surface area contributed by atoms with E-state index in [-0.39, 0.29) is 30.9 Å². The van der Waals surface area contributed by atoms with Gasteiger partial charge in [0.1, 0.15) is 18.3 Å². The lowest BCUT2D eigenvalue weighted by molar-refractivity contribution is -0.153. The van der Waals surface area contributed by atoms with Crippen LogP contribution in [0, 0.1) is 0 Å². The lowest BCUT2D eigenvalue weighted by atomic mass is 10.1. The Morgan fingerprint density at radius 1 is 0.862 bits per heavy atom. The fourth-order valence-corrected chi connectivity index (χ4v) is 4.11. The quantitative estimate of drug-likeness (QED) is 0.218. The highest BCUT2D eigenvalue weighted by molar-refractivity contribution is 5.69. The third-order valence-corrected chi connectivity index (χ3v) is 5.91. The van der Waals surface area contributed by atoms with Gasteiger partial charge in [0.15, 0.2) is 6.10 Å². The number of carbonyl (C=O) groups is 1. The van der Waals surface area contributed by atoms with Gasteiger partial charge in [-0.25, -0.2) is 0 Å². The molecule has 4 atom stereocenters. The van der Waals surface area contributed by atoms with E-state index in [9.17, 15) is 9.90 Å². The van der Waals surface area contributed by atoms with Crippen LogP contribution in [0.3, 0.4) is 0 Å². The molecule has 5 heteroatoms. The van der Waals surface area contributed by atoms with Gasteiger partial charge in [-0.1, -0.05) is 70.4 Å². The van der Waals surface area contributed by atoms with E-state index in [1.807, 2.05) is 0 Å². The fraction of sp³-hybridized carbons (Fsp3) is 0.875. The van der Waals surface area contributed by atoms with E-state index < -0.39 is 6.10 Å². The monoisotopic (exact) mass is 410 g/mol. The standard InChI is InChI=1S/C24H42O5/c1-2-3-4-5-6-7-8-9-10-11-12-13-14-15-16-17-22(26)29-21-19-28-23-20(25)18-27-24(21)23/h9-10,20-21,23-25H,2-8,11-19H2,1H3. The molecule has 0 aliphatic carbocycles. The van der Waals surface area contributed by atoms with Gasteiger partial charge in [-0.05, 0) is 32.1 Å². The number of aliphatic hydroxyl groups excluding tert-OH is 1. The largest absolute Gasteiger partial charge is 0.457 e.